The Labute approximate surface area is 432 Å². The molecule has 0 bridgehead atoms. The van der Waals surface area contributed by atoms with E-state index in [1.807, 2.05) is 20.1 Å². The number of carbonyl (C=O) groups excluding carboxylic acids is 11. The van der Waals surface area contributed by atoms with Crippen LogP contribution in [0.25, 0.3) is 10.9 Å². The number of aromatic nitrogens is 3. The van der Waals surface area contributed by atoms with Crippen LogP contribution in [0.15, 0.2) is 43.0 Å². The molecule has 2 heterocycles. The largest absolute Gasteiger partial charge is 0.370 e. The van der Waals surface area contributed by atoms with Crippen LogP contribution in [0, 0.1) is 11.8 Å². The van der Waals surface area contributed by atoms with E-state index in [1.165, 1.54) is 31.2 Å². The molecular weight excluding hydrogens is 983 g/mol. The van der Waals surface area contributed by atoms with Gasteiger partial charge in [0.1, 0.15) is 42.3 Å². The summed E-state index contributed by atoms with van der Waals surface area (Å²) in [5, 5.41) is 21.2. The number of H-pyrrole nitrogens is 2. The minimum Gasteiger partial charge on any atom is -0.370 e. The molecule has 26 nitrogen and oxygen atoms in total. The van der Waals surface area contributed by atoms with E-state index in [9.17, 15) is 52.7 Å². The standard InChI is InChI=1S/C47H71N15O11S/c1-23(2)15-33(45(71)58-31(40(51)66)13-14-74-6)60-46(72)35(17-27-20-52-22-55-27)57-38(65)21-54-47(73)39(24(3)4)62-41(67)25(5)56-44(70)34(16-26-19-53-30-10-8-7-9-28(26)30)61-43(69)32(11-12-36(49)63)59-42(68)29(48)18-37(50)64/h7-10,19-20,22-25,29,31-35,39,53H,11-18,21,48H2,1-6H3,(H2,49,63)(H2,50,64)(H2,51,66)(H,52,55)(H,54,73)(H,56,70)(H,57,65)(H,58,71)(H,59,68)(H,60,72)(H,61,69)(H,62,67)/t25-,29-,31+,32-,33-,34-,35?,39-/m0/s1. The van der Waals surface area contributed by atoms with Crippen LogP contribution in [0.3, 0.4) is 0 Å². The number of hydrogen-bond acceptors (Lipinski definition) is 14. The number of nitrogens with one attached hydrogen (secondary N) is 10. The van der Waals surface area contributed by atoms with Crippen LogP contribution in [-0.4, -0.2) is 147 Å². The zero-order valence-electron chi connectivity index (χ0n) is 42.3. The van der Waals surface area contributed by atoms with Crippen LogP contribution >= 0.6 is 11.8 Å². The number of rotatable bonds is 32. The monoisotopic (exact) mass is 1050 g/mol. The lowest BCUT2D eigenvalue weighted by Crippen LogP contribution is -2.59. The smallest absolute Gasteiger partial charge is 0.243 e. The van der Waals surface area contributed by atoms with Crippen LogP contribution in [-0.2, 0) is 65.6 Å². The highest BCUT2D eigenvalue weighted by Gasteiger charge is 2.34. The highest BCUT2D eigenvalue weighted by Crippen LogP contribution is 2.20. The lowest BCUT2D eigenvalue weighted by molar-refractivity contribution is -0.135. The lowest BCUT2D eigenvalue weighted by atomic mass is 10.0. The molecule has 3 aromatic rings. The normalized spacial score (nSPS) is 14.4. The van der Waals surface area contributed by atoms with Crippen molar-refractivity contribution >= 4 is 87.6 Å². The summed E-state index contributed by atoms with van der Waals surface area (Å²) in [6, 6.07) is -3.14. The highest BCUT2D eigenvalue weighted by atomic mass is 32.2. The van der Waals surface area contributed by atoms with E-state index in [0.717, 1.165) is 5.52 Å². The number of thioether (sulfide) groups is 1. The van der Waals surface area contributed by atoms with Crippen molar-refractivity contribution in [2.75, 3.05) is 18.6 Å². The van der Waals surface area contributed by atoms with E-state index in [-0.39, 0.29) is 44.4 Å². The predicted molar refractivity (Wildman–Crippen MR) is 273 cm³/mol. The molecule has 0 aliphatic heterocycles. The Morgan fingerprint density at radius 1 is 0.649 bits per heavy atom. The first-order chi connectivity index (χ1) is 34.9. The van der Waals surface area contributed by atoms with Gasteiger partial charge in [-0.1, -0.05) is 45.9 Å². The third-order valence-corrected chi connectivity index (χ3v) is 12.1. The first-order valence-corrected chi connectivity index (χ1v) is 25.3. The third-order valence-electron chi connectivity index (χ3n) is 11.5. The summed E-state index contributed by atoms with van der Waals surface area (Å²) in [5.41, 5.74) is 23.6. The average Bonchev–Trinajstić information content (AvgIpc) is 4.01. The van der Waals surface area contributed by atoms with E-state index >= 15 is 0 Å². The average molecular weight is 1050 g/mol. The number of carbonyl (C=O) groups is 11. The summed E-state index contributed by atoms with van der Waals surface area (Å²) in [6.45, 7) is 7.59. The highest BCUT2D eigenvalue weighted by molar-refractivity contribution is 7.98. The van der Waals surface area contributed by atoms with Gasteiger partial charge < -0.3 is 75.4 Å². The van der Waals surface area contributed by atoms with Gasteiger partial charge in [0.15, 0.2) is 0 Å². The Morgan fingerprint density at radius 3 is 1.86 bits per heavy atom. The van der Waals surface area contributed by atoms with Crippen LogP contribution in [0.4, 0.5) is 0 Å². The molecule has 0 fully saturated rings. The summed E-state index contributed by atoms with van der Waals surface area (Å²) in [6.07, 6.45) is 5.28. The second-order valence-corrected chi connectivity index (χ2v) is 19.5. The van der Waals surface area contributed by atoms with Gasteiger partial charge in [-0.15, -0.1) is 0 Å². The fourth-order valence-electron chi connectivity index (χ4n) is 7.46. The van der Waals surface area contributed by atoms with Crippen LogP contribution in [0.1, 0.15) is 78.0 Å². The molecule has 18 N–H and O–H groups in total. The molecule has 11 amide bonds. The molecule has 406 valence electrons. The van der Waals surface area contributed by atoms with Gasteiger partial charge in [0, 0.05) is 48.3 Å². The number of para-hydroxylation sites is 1. The maximum Gasteiger partial charge on any atom is 0.243 e. The number of nitrogens with zero attached hydrogens (tertiary/aromatic N) is 1. The molecule has 0 aliphatic carbocycles. The van der Waals surface area contributed by atoms with E-state index in [2.05, 4.69) is 57.5 Å². The predicted octanol–water partition coefficient (Wildman–Crippen LogP) is -3.39. The number of nitrogens with two attached hydrogens (primary N) is 4. The molecule has 74 heavy (non-hydrogen) atoms. The Balaban J connectivity index is 1.75. The molecule has 0 radical (unpaired) electrons. The van der Waals surface area contributed by atoms with Gasteiger partial charge in [0.2, 0.25) is 65.0 Å². The van der Waals surface area contributed by atoms with Crippen molar-refractivity contribution < 1.29 is 52.7 Å². The summed E-state index contributed by atoms with van der Waals surface area (Å²) in [7, 11) is 0. The first kappa shape index (κ1) is 60.8. The molecule has 3 rings (SSSR count). The van der Waals surface area contributed by atoms with Crippen molar-refractivity contribution in [3.05, 3.63) is 54.2 Å². The second-order valence-electron chi connectivity index (χ2n) is 18.5. The molecule has 0 aliphatic rings. The summed E-state index contributed by atoms with van der Waals surface area (Å²) in [4.78, 5) is 154. The van der Waals surface area contributed by atoms with Gasteiger partial charge in [-0.25, -0.2) is 4.98 Å². The van der Waals surface area contributed by atoms with Crippen molar-refractivity contribution in [3.63, 3.8) is 0 Å². The number of aromatic amines is 2. The van der Waals surface area contributed by atoms with E-state index in [0.29, 0.717) is 22.4 Å². The molecule has 1 unspecified atom stereocenters. The Hall–Kier alpha value is -7.55. The minimum absolute atomic E-state index is 0.0837. The van der Waals surface area contributed by atoms with Gasteiger partial charge in [0.25, 0.3) is 0 Å². The van der Waals surface area contributed by atoms with E-state index < -0.39 is 132 Å². The van der Waals surface area contributed by atoms with Gasteiger partial charge in [-0.2, -0.15) is 11.8 Å². The quantitative estimate of drug-likeness (QED) is 0.0290. The van der Waals surface area contributed by atoms with Crippen molar-refractivity contribution in [2.45, 2.75) is 128 Å². The van der Waals surface area contributed by atoms with Gasteiger partial charge in [-0.05, 0) is 61.7 Å². The molecule has 8 atom stereocenters. The molecular formula is C47H71N15O11S. The fourth-order valence-corrected chi connectivity index (χ4v) is 7.93. The molecule has 1 aromatic carbocycles. The van der Waals surface area contributed by atoms with Crippen molar-refractivity contribution in [1.29, 1.82) is 0 Å². The van der Waals surface area contributed by atoms with Gasteiger partial charge >= 0.3 is 0 Å². The van der Waals surface area contributed by atoms with Crippen molar-refractivity contribution in [1.82, 2.24) is 57.5 Å². The second kappa shape index (κ2) is 29.8. The van der Waals surface area contributed by atoms with Crippen LogP contribution in [0.2, 0.25) is 0 Å². The molecule has 0 saturated heterocycles. The molecule has 0 saturated carbocycles. The van der Waals surface area contributed by atoms with E-state index in [4.69, 9.17) is 22.9 Å². The number of hydrogen-bond donors (Lipinski definition) is 14. The molecule has 2 aromatic heterocycles. The Bertz CT molecular complexity index is 2450. The number of fused-ring (bicyclic) bond motifs is 1. The zero-order valence-corrected chi connectivity index (χ0v) is 43.2. The van der Waals surface area contributed by atoms with Crippen molar-refractivity contribution in [3.8, 4) is 0 Å². The number of amides is 11. The van der Waals surface area contributed by atoms with E-state index in [1.54, 1.807) is 44.3 Å². The van der Waals surface area contributed by atoms with Crippen LogP contribution < -0.4 is 65.5 Å². The molecule has 27 heteroatoms. The molecule has 0 spiro atoms. The minimum atomic E-state index is -1.46. The van der Waals surface area contributed by atoms with Crippen LogP contribution in [0.5, 0.6) is 0 Å². The number of imidazole rings is 1. The zero-order chi connectivity index (χ0) is 55.2. The Kier molecular flexibility index (Phi) is 24.5. The summed E-state index contributed by atoms with van der Waals surface area (Å²) < 4.78 is 0. The Morgan fingerprint density at radius 2 is 1.26 bits per heavy atom. The first-order valence-electron chi connectivity index (χ1n) is 23.9. The maximum absolute atomic E-state index is 14.1. The summed E-state index contributed by atoms with van der Waals surface area (Å²) in [5.74, 6) is -9.06. The van der Waals surface area contributed by atoms with Crippen molar-refractivity contribution in [2.24, 2.45) is 34.8 Å². The number of primary amides is 3. The number of benzene rings is 1. The van der Waals surface area contributed by atoms with Gasteiger partial charge in [0.05, 0.1) is 25.3 Å². The lowest BCUT2D eigenvalue weighted by Gasteiger charge is -2.27. The summed E-state index contributed by atoms with van der Waals surface area (Å²) >= 11 is 1.46. The third kappa shape index (κ3) is 20.2. The van der Waals surface area contributed by atoms with Gasteiger partial charge in [-0.3, -0.25) is 52.7 Å². The fraction of sp³-hybridized carbons (Fsp3) is 0.532. The SMILES string of the molecule is CSCC[C@@H](NC(=O)[C@H](CC(C)C)NC(=O)C(Cc1cnc[nH]1)NC(=O)CNC(=O)[C@@H](NC(=O)[C@H](C)NC(=O)[C@H](Cc1c[nH]c2ccccc12)NC(=O)[C@H](CCC(N)=O)NC(=O)[C@@H](N)CC(N)=O)C(C)C)C(N)=O. The topological polar surface area (TPSA) is 433 Å². The maximum atomic E-state index is 14.1.